The Morgan fingerprint density at radius 1 is 0.419 bits per heavy atom. The first kappa shape index (κ1) is 89.4. The predicted octanol–water partition coefficient (Wildman–Crippen LogP) is 19.3. The highest BCUT2D eigenvalue weighted by atomic mass is 28.3. The first-order valence-corrected chi connectivity index (χ1v) is 50.5. The van der Waals surface area contributed by atoms with Crippen LogP contribution < -0.4 is 16.4 Å². The first-order valence-electron chi connectivity index (χ1n) is 43.1. The zero-order valence-corrected chi connectivity index (χ0v) is 75.2. The number of carbonyl (C=O) groups is 3. The summed E-state index contributed by atoms with van der Waals surface area (Å²) >= 11 is 0. The summed E-state index contributed by atoms with van der Waals surface area (Å²) in [7, 11) is -2.66. The maximum atomic E-state index is 12.9. The van der Waals surface area contributed by atoms with Gasteiger partial charge in [-0.25, -0.2) is 15.0 Å². The molecule has 0 unspecified atom stereocenters. The zero-order chi connectivity index (χ0) is 88.1. The fourth-order valence-electron chi connectivity index (χ4n) is 16.6. The standard InChI is InChI=1S/C40H56N6O4Si2.2C28H28N6O2/c1-9-50-39(47)40(2)19-17-31(18-20-40)36-33(25-41)38(45(28-48-21-23-51(3,4)5)29-49-22-24-52(6,7)8)46-37(44-36)34(27-43-46)32-15-16-35(42-26-32)30-13-11-10-12-14-30;2*1-3-36-27(35)28(2)13-11-19(12-14-28)24-21(15-29)25(30)34-26(33-24)22(17-32-34)20-9-10-23(31-16-20)18-7-5-4-6-8-18/h10-16,26-27,31H,9,17-24,28-29H2,1-8H3;2*4-10,16-17,19H,3,11-14,30H2,1-2H3. The summed E-state index contributed by atoms with van der Waals surface area (Å²) in [5.74, 6) is 0.721. The fourth-order valence-corrected chi connectivity index (χ4v) is 18.1. The van der Waals surface area contributed by atoms with Crippen molar-refractivity contribution in [3.63, 3.8) is 0 Å². The van der Waals surface area contributed by atoms with Crippen molar-refractivity contribution in [3.05, 3.63) is 198 Å². The molecular weight excluding hydrogens is 1590 g/mol. The lowest BCUT2D eigenvalue weighted by molar-refractivity contribution is -0.157. The Morgan fingerprint density at radius 2 is 0.710 bits per heavy atom. The number of hydrogen-bond acceptors (Lipinski definition) is 23. The number of carbonyl (C=O) groups excluding carboxylic acids is 3. The topological polar surface area (TPSA) is 353 Å². The summed E-state index contributed by atoms with van der Waals surface area (Å²) in [4.78, 5) is 69.0. The van der Waals surface area contributed by atoms with Crippen LogP contribution in [0, 0.1) is 50.2 Å². The number of aromatic nitrogens is 12. The maximum absolute atomic E-state index is 12.9. The Labute approximate surface area is 727 Å². The number of benzene rings is 3. The van der Waals surface area contributed by atoms with Crippen LogP contribution in [0.4, 0.5) is 17.5 Å². The summed E-state index contributed by atoms with van der Waals surface area (Å²) in [5, 5.41) is 44.5. The van der Waals surface area contributed by atoms with Gasteiger partial charge in [-0.2, -0.15) is 44.6 Å². The second kappa shape index (κ2) is 39.0. The second-order valence-electron chi connectivity index (χ2n) is 35.7. The van der Waals surface area contributed by atoms with Crippen LogP contribution in [0.3, 0.4) is 0 Å². The summed E-state index contributed by atoms with van der Waals surface area (Å²) in [6, 6.07) is 51.1. The highest BCUT2D eigenvalue weighted by Gasteiger charge is 2.44. The minimum Gasteiger partial charge on any atom is -0.466 e. The van der Waals surface area contributed by atoms with Gasteiger partial charge in [0, 0.05) is 116 Å². The predicted molar refractivity (Wildman–Crippen MR) is 486 cm³/mol. The molecule has 9 heterocycles. The monoisotopic (exact) mass is 1700 g/mol. The van der Waals surface area contributed by atoms with Crippen LogP contribution in [-0.2, 0) is 38.1 Å². The number of nitriles is 3. The van der Waals surface area contributed by atoms with Crippen molar-refractivity contribution in [3.8, 4) is 85.4 Å². The van der Waals surface area contributed by atoms with E-state index in [1.165, 1.54) is 9.03 Å². The minimum absolute atomic E-state index is 0.0234. The van der Waals surface area contributed by atoms with E-state index in [9.17, 15) is 30.2 Å². The number of nitrogens with zero attached hydrogens (tertiary/aromatic N) is 16. The molecule has 642 valence electrons. The minimum atomic E-state index is -1.33. The summed E-state index contributed by atoms with van der Waals surface area (Å²) < 4.78 is 33.5. The number of fused-ring (bicyclic) bond motifs is 3. The zero-order valence-electron chi connectivity index (χ0n) is 73.2. The van der Waals surface area contributed by atoms with Gasteiger partial charge >= 0.3 is 17.9 Å². The van der Waals surface area contributed by atoms with E-state index in [-0.39, 0.29) is 60.8 Å². The van der Waals surface area contributed by atoms with Crippen molar-refractivity contribution in [1.82, 2.24) is 58.7 Å². The number of hydrogen-bond donors (Lipinski definition) is 2. The van der Waals surface area contributed by atoms with E-state index in [1.807, 2.05) is 186 Å². The van der Waals surface area contributed by atoms with Crippen molar-refractivity contribution in [1.29, 1.82) is 15.8 Å². The number of pyridine rings is 3. The molecule has 0 aliphatic heterocycles. The Morgan fingerprint density at radius 3 is 0.984 bits per heavy atom. The van der Waals surface area contributed by atoms with Crippen LogP contribution in [-0.4, -0.2) is 139 Å². The summed E-state index contributed by atoms with van der Waals surface area (Å²) in [6.07, 6.45) is 19.0. The third kappa shape index (κ3) is 20.1. The molecule has 0 bridgehead atoms. The lowest BCUT2D eigenvalue weighted by Crippen LogP contribution is -2.35. The highest BCUT2D eigenvalue weighted by molar-refractivity contribution is 6.76. The number of esters is 3. The molecule has 3 fully saturated rings. The average molecular weight is 1700 g/mol. The van der Waals surface area contributed by atoms with Gasteiger partial charge in [-0.1, -0.05) is 148 Å². The van der Waals surface area contributed by atoms with Crippen LogP contribution in [0.15, 0.2) is 165 Å². The molecule has 0 atom stereocenters. The molecule has 4 N–H and O–H groups in total. The van der Waals surface area contributed by atoms with E-state index >= 15 is 0 Å². The van der Waals surface area contributed by atoms with E-state index in [2.05, 4.69) is 77.7 Å². The van der Waals surface area contributed by atoms with Crippen molar-refractivity contribution < 1.29 is 38.1 Å². The molecule has 0 radical (unpaired) electrons. The number of anilines is 3. The number of ether oxygens (including phenoxy) is 5. The molecule has 0 amide bonds. The summed E-state index contributed by atoms with van der Waals surface area (Å²) in [6.45, 7) is 28.3. The van der Waals surface area contributed by atoms with E-state index in [1.54, 1.807) is 29.3 Å². The summed E-state index contributed by atoms with van der Waals surface area (Å²) in [5.41, 5.74) is 27.1. The highest BCUT2D eigenvalue weighted by Crippen LogP contribution is 2.49. The smallest absolute Gasteiger partial charge is 0.311 e. The Kier molecular flexibility index (Phi) is 28.1. The number of rotatable bonds is 26. The second-order valence-corrected chi connectivity index (χ2v) is 47.0. The van der Waals surface area contributed by atoms with Gasteiger partial charge in [-0.3, -0.25) is 29.3 Å². The Balaban J connectivity index is 0.000000164. The van der Waals surface area contributed by atoms with Crippen LogP contribution in [0.1, 0.15) is 170 Å². The Hall–Kier alpha value is -12.4. The molecule has 3 aliphatic rings. The molecule has 9 aromatic heterocycles. The lowest BCUT2D eigenvalue weighted by atomic mass is 9.70. The van der Waals surface area contributed by atoms with E-state index in [0.717, 1.165) is 111 Å². The number of nitrogens with two attached hydrogens (primary N) is 2. The molecule has 0 spiro atoms. The lowest BCUT2D eigenvalue weighted by Gasteiger charge is -2.35. The van der Waals surface area contributed by atoms with E-state index in [4.69, 9.17) is 60.2 Å². The molecule has 12 aromatic rings. The van der Waals surface area contributed by atoms with Gasteiger partial charge in [-0.15, -0.1) is 0 Å². The van der Waals surface area contributed by atoms with Gasteiger partial charge in [0.15, 0.2) is 22.8 Å². The SMILES string of the molecule is CCOC(=O)C1(C)CCC(c2nc3c(-c4ccc(-c5ccccc5)nc4)cnn3c(N(COCC[Si](C)(C)C)COCC[Si](C)(C)C)c2C#N)CC1.CCOC(=O)C1(C)CCC(c2nc3c(-c4ccc(-c5ccccc5)nc4)cnn3c(N)c2C#N)CC1.CCOC(=O)C1(C)CCC(c2nc3c(-c4ccc(-c5ccccc5)nc4)cnn3c(N)c2C#N)CC1. The van der Waals surface area contributed by atoms with Gasteiger partial charge in [0.1, 0.15) is 60.0 Å². The molecule has 3 saturated carbocycles. The molecule has 3 aliphatic carbocycles. The Bertz CT molecular complexity index is 5620. The van der Waals surface area contributed by atoms with Gasteiger partial charge in [0.25, 0.3) is 0 Å². The van der Waals surface area contributed by atoms with Crippen LogP contribution in [0.25, 0.3) is 84.1 Å². The average Bonchev–Trinajstić information content (AvgIpc) is 1.75. The largest absolute Gasteiger partial charge is 0.466 e. The molecule has 26 nitrogen and oxygen atoms in total. The molecule has 28 heteroatoms. The van der Waals surface area contributed by atoms with E-state index in [0.29, 0.717) is 135 Å². The quantitative estimate of drug-likeness (QED) is 0.0167. The molecule has 124 heavy (non-hydrogen) atoms. The molecule has 3 aromatic carbocycles. The van der Waals surface area contributed by atoms with Crippen molar-refractivity contribution >= 4 is 68.5 Å². The molecule has 0 saturated heterocycles. The first-order chi connectivity index (χ1) is 59.6. The van der Waals surface area contributed by atoms with Gasteiger partial charge in [-0.05, 0) is 149 Å². The van der Waals surface area contributed by atoms with Crippen molar-refractivity contribution in [2.45, 2.75) is 188 Å². The van der Waals surface area contributed by atoms with E-state index < -0.39 is 32.4 Å². The fraction of sp³-hybridized carbons (Fsp3) is 0.406. The third-order valence-corrected chi connectivity index (χ3v) is 27.8. The van der Waals surface area contributed by atoms with Crippen LogP contribution in [0.2, 0.25) is 51.4 Å². The van der Waals surface area contributed by atoms with Gasteiger partial charge in [0.2, 0.25) is 0 Å². The van der Waals surface area contributed by atoms with Crippen molar-refractivity contribution in [2.75, 3.05) is 62.9 Å². The molecule has 15 rings (SSSR count). The maximum Gasteiger partial charge on any atom is 0.311 e. The normalized spacial score (nSPS) is 18.9. The van der Waals surface area contributed by atoms with Crippen molar-refractivity contribution in [2.24, 2.45) is 16.2 Å². The molecular formula is C96H112N18O8Si2. The third-order valence-electron chi connectivity index (χ3n) is 24.4. The van der Waals surface area contributed by atoms with Crippen LogP contribution >= 0.6 is 0 Å². The van der Waals surface area contributed by atoms with Gasteiger partial charge in [0.05, 0.1) is 88.8 Å². The van der Waals surface area contributed by atoms with Gasteiger partial charge < -0.3 is 40.1 Å². The van der Waals surface area contributed by atoms with Crippen LogP contribution in [0.5, 0.6) is 0 Å². The number of nitrogen functional groups attached to an aromatic ring is 2.